The SMILES string of the molecule is CC1(C)Cc2c1cc[nH]c2=O. The number of H-pyrrole nitrogens is 1. The molecule has 0 saturated carbocycles. The first kappa shape index (κ1) is 6.65. The van der Waals surface area contributed by atoms with Crippen LogP contribution in [0.4, 0.5) is 0 Å². The molecule has 0 bridgehead atoms. The van der Waals surface area contributed by atoms with Gasteiger partial charge in [0, 0.05) is 11.8 Å². The molecular formula is C9H11NO. The van der Waals surface area contributed by atoms with E-state index in [1.54, 1.807) is 6.20 Å². The Morgan fingerprint density at radius 2 is 2.27 bits per heavy atom. The summed E-state index contributed by atoms with van der Waals surface area (Å²) in [6, 6.07) is 2.00. The van der Waals surface area contributed by atoms with Gasteiger partial charge in [-0.1, -0.05) is 13.8 Å². The summed E-state index contributed by atoms with van der Waals surface area (Å²) in [4.78, 5) is 13.8. The number of nitrogens with one attached hydrogen (secondary N) is 1. The molecule has 0 spiro atoms. The van der Waals surface area contributed by atoms with E-state index in [4.69, 9.17) is 0 Å². The standard InChI is InChI=1S/C9H11NO/c1-9(2)5-6-7(9)3-4-10-8(6)11/h3-4H,5H2,1-2H3,(H,10,11). The van der Waals surface area contributed by atoms with Gasteiger partial charge >= 0.3 is 0 Å². The molecule has 11 heavy (non-hydrogen) atoms. The maximum atomic E-state index is 11.1. The van der Waals surface area contributed by atoms with Gasteiger partial charge < -0.3 is 4.98 Å². The van der Waals surface area contributed by atoms with Gasteiger partial charge in [-0.05, 0) is 23.5 Å². The van der Waals surface area contributed by atoms with Gasteiger partial charge in [-0.25, -0.2) is 0 Å². The zero-order valence-electron chi connectivity index (χ0n) is 6.77. The lowest BCUT2D eigenvalue weighted by Gasteiger charge is -2.36. The predicted molar refractivity (Wildman–Crippen MR) is 43.8 cm³/mol. The zero-order valence-corrected chi connectivity index (χ0v) is 6.77. The number of hydrogen-bond acceptors (Lipinski definition) is 1. The van der Waals surface area contributed by atoms with E-state index in [0.29, 0.717) is 0 Å². The molecule has 0 aromatic carbocycles. The van der Waals surface area contributed by atoms with Crippen LogP contribution in [-0.2, 0) is 11.8 Å². The van der Waals surface area contributed by atoms with Crippen molar-refractivity contribution in [1.29, 1.82) is 0 Å². The molecule has 1 aromatic rings. The summed E-state index contributed by atoms with van der Waals surface area (Å²) in [5, 5.41) is 0. The van der Waals surface area contributed by atoms with Gasteiger partial charge in [-0.3, -0.25) is 4.79 Å². The number of rotatable bonds is 0. The van der Waals surface area contributed by atoms with E-state index in [9.17, 15) is 4.79 Å². The maximum Gasteiger partial charge on any atom is 0.251 e. The third-order valence-electron chi connectivity index (χ3n) is 2.41. The highest BCUT2D eigenvalue weighted by molar-refractivity contribution is 5.41. The average Bonchev–Trinajstić information content (AvgIpc) is 1.92. The van der Waals surface area contributed by atoms with E-state index in [1.165, 1.54) is 5.56 Å². The minimum Gasteiger partial charge on any atom is -0.329 e. The lowest BCUT2D eigenvalue weighted by atomic mass is 9.67. The van der Waals surface area contributed by atoms with E-state index in [-0.39, 0.29) is 11.0 Å². The second-order valence-electron chi connectivity index (χ2n) is 3.76. The number of pyridine rings is 1. The Morgan fingerprint density at radius 3 is 2.82 bits per heavy atom. The molecular weight excluding hydrogens is 138 g/mol. The third kappa shape index (κ3) is 0.754. The molecule has 1 N–H and O–H groups in total. The largest absolute Gasteiger partial charge is 0.329 e. The van der Waals surface area contributed by atoms with Gasteiger partial charge in [0.25, 0.3) is 5.56 Å². The molecule has 0 saturated heterocycles. The van der Waals surface area contributed by atoms with Crippen molar-refractivity contribution in [1.82, 2.24) is 4.98 Å². The Hall–Kier alpha value is -1.05. The van der Waals surface area contributed by atoms with Crippen LogP contribution in [0.15, 0.2) is 17.1 Å². The second-order valence-corrected chi connectivity index (χ2v) is 3.76. The first-order chi connectivity index (χ1) is 5.11. The molecule has 0 atom stereocenters. The summed E-state index contributed by atoms with van der Waals surface area (Å²) < 4.78 is 0. The van der Waals surface area contributed by atoms with Crippen molar-refractivity contribution in [2.75, 3.05) is 0 Å². The van der Waals surface area contributed by atoms with E-state index < -0.39 is 0 Å². The van der Waals surface area contributed by atoms with Gasteiger partial charge in [-0.15, -0.1) is 0 Å². The maximum absolute atomic E-state index is 11.1. The van der Waals surface area contributed by atoms with Crippen LogP contribution in [0.3, 0.4) is 0 Å². The van der Waals surface area contributed by atoms with E-state index in [1.807, 2.05) is 6.07 Å². The van der Waals surface area contributed by atoms with Crippen LogP contribution in [-0.4, -0.2) is 4.98 Å². The van der Waals surface area contributed by atoms with Crippen LogP contribution in [0, 0.1) is 0 Å². The fourth-order valence-electron chi connectivity index (χ4n) is 1.75. The van der Waals surface area contributed by atoms with E-state index in [2.05, 4.69) is 18.8 Å². The Balaban J connectivity index is 2.66. The molecule has 1 aromatic heterocycles. The number of aromatic amines is 1. The highest BCUT2D eigenvalue weighted by Gasteiger charge is 2.35. The van der Waals surface area contributed by atoms with Crippen molar-refractivity contribution in [3.63, 3.8) is 0 Å². The minimum atomic E-state index is 0.0850. The molecule has 0 amide bonds. The van der Waals surface area contributed by atoms with Crippen LogP contribution in [0.5, 0.6) is 0 Å². The highest BCUT2D eigenvalue weighted by atomic mass is 16.1. The van der Waals surface area contributed by atoms with Crippen molar-refractivity contribution < 1.29 is 0 Å². The Kier molecular flexibility index (Phi) is 1.06. The molecule has 1 aliphatic carbocycles. The Morgan fingerprint density at radius 1 is 1.55 bits per heavy atom. The molecule has 1 heterocycles. The van der Waals surface area contributed by atoms with Gasteiger partial charge in [0.2, 0.25) is 0 Å². The first-order valence-electron chi connectivity index (χ1n) is 3.82. The van der Waals surface area contributed by atoms with Crippen LogP contribution < -0.4 is 5.56 Å². The summed E-state index contributed by atoms with van der Waals surface area (Å²) in [6.07, 6.45) is 2.64. The second kappa shape index (κ2) is 1.76. The average molecular weight is 149 g/mol. The fraction of sp³-hybridized carbons (Fsp3) is 0.444. The van der Waals surface area contributed by atoms with Crippen molar-refractivity contribution in [3.8, 4) is 0 Å². The van der Waals surface area contributed by atoms with Crippen molar-refractivity contribution in [3.05, 3.63) is 33.7 Å². The minimum absolute atomic E-state index is 0.0850. The van der Waals surface area contributed by atoms with Gasteiger partial charge in [0.1, 0.15) is 0 Å². The van der Waals surface area contributed by atoms with Crippen LogP contribution in [0.2, 0.25) is 0 Å². The predicted octanol–water partition coefficient (Wildman–Crippen LogP) is 1.21. The van der Waals surface area contributed by atoms with Crippen molar-refractivity contribution in [2.45, 2.75) is 25.7 Å². The van der Waals surface area contributed by atoms with Crippen LogP contribution in [0.1, 0.15) is 25.0 Å². The molecule has 2 rings (SSSR count). The molecule has 2 heteroatoms. The Labute approximate surface area is 65.3 Å². The lowest BCUT2D eigenvalue weighted by Crippen LogP contribution is -2.38. The van der Waals surface area contributed by atoms with Crippen LogP contribution >= 0.6 is 0 Å². The van der Waals surface area contributed by atoms with Crippen molar-refractivity contribution >= 4 is 0 Å². The normalized spacial score (nSPS) is 18.7. The number of hydrogen-bond donors (Lipinski definition) is 1. The quantitative estimate of drug-likeness (QED) is 0.591. The monoisotopic (exact) mass is 149 g/mol. The Bertz CT molecular complexity index is 349. The topological polar surface area (TPSA) is 32.9 Å². The van der Waals surface area contributed by atoms with Gasteiger partial charge in [-0.2, -0.15) is 0 Å². The molecule has 0 unspecified atom stereocenters. The third-order valence-corrected chi connectivity index (χ3v) is 2.41. The summed E-state index contributed by atoms with van der Waals surface area (Å²) >= 11 is 0. The summed E-state index contributed by atoms with van der Waals surface area (Å²) in [6.45, 7) is 4.32. The molecule has 0 aliphatic heterocycles. The zero-order chi connectivity index (χ0) is 8.06. The summed E-state index contributed by atoms with van der Waals surface area (Å²) in [5.74, 6) is 0. The number of fused-ring (bicyclic) bond motifs is 1. The van der Waals surface area contributed by atoms with Crippen LogP contribution in [0.25, 0.3) is 0 Å². The highest BCUT2D eigenvalue weighted by Crippen LogP contribution is 2.37. The van der Waals surface area contributed by atoms with Gasteiger partial charge in [0.05, 0.1) is 0 Å². The van der Waals surface area contributed by atoms with Gasteiger partial charge in [0.15, 0.2) is 0 Å². The molecule has 1 aliphatic rings. The van der Waals surface area contributed by atoms with E-state index >= 15 is 0 Å². The fourth-order valence-corrected chi connectivity index (χ4v) is 1.75. The summed E-state index contributed by atoms with van der Waals surface area (Å²) in [7, 11) is 0. The first-order valence-corrected chi connectivity index (χ1v) is 3.82. The summed E-state index contributed by atoms with van der Waals surface area (Å²) in [5.41, 5.74) is 2.49. The van der Waals surface area contributed by atoms with E-state index in [0.717, 1.165) is 12.0 Å². The molecule has 2 nitrogen and oxygen atoms in total. The molecule has 58 valence electrons. The molecule has 0 fully saturated rings. The smallest absolute Gasteiger partial charge is 0.251 e. The number of aromatic nitrogens is 1. The lowest BCUT2D eigenvalue weighted by molar-refractivity contribution is 0.449. The molecule has 0 radical (unpaired) electrons. The van der Waals surface area contributed by atoms with Crippen molar-refractivity contribution in [2.24, 2.45) is 0 Å².